The molecular weight excluding hydrogens is 336 g/mol. The summed E-state index contributed by atoms with van der Waals surface area (Å²) in [4.78, 5) is 27.1. The van der Waals surface area contributed by atoms with E-state index in [0.29, 0.717) is 12.5 Å². The van der Waals surface area contributed by atoms with E-state index in [0.717, 1.165) is 42.2 Å². The van der Waals surface area contributed by atoms with Gasteiger partial charge in [0, 0.05) is 30.4 Å². The minimum Gasteiger partial charge on any atom is -0.444 e. The minimum absolute atomic E-state index is 0.219. The Labute approximate surface area is 152 Å². The molecule has 0 saturated carbocycles. The highest BCUT2D eigenvalue weighted by Crippen LogP contribution is 2.24. The first-order chi connectivity index (χ1) is 11.9. The third kappa shape index (κ3) is 4.98. The Morgan fingerprint density at radius 3 is 2.92 bits per heavy atom. The number of piperidine rings is 1. The number of carbonyl (C=O) groups excluding carboxylic acids is 1. The molecule has 0 aliphatic carbocycles. The highest BCUT2D eigenvalue weighted by molar-refractivity contribution is 7.13. The fourth-order valence-electron chi connectivity index (χ4n) is 3.00. The van der Waals surface area contributed by atoms with Gasteiger partial charge in [-0.25, -0.2) is 19.7 Å². The summed E-state index contributed by atoms with van der Waals surface area (Å²) in [6.45, 7) is 7.17. The number of hydrogen-bond donors (Lipinski definition) is 0. The van der Waals surface area contributed by atoms with Gasteiger partial charge in [-0.05, 0) is 52.0 Å². The van der Waals surface area contributed by atoms with E-state index in [2.05, 4.69) is 15.0 Å². The lowest BCUT2D eigenvalue weighted by Gasteiger charge is -2.34. The second-order valence-electron chi connectivity index (χ2n) is 7.37. The number of thiazole rings is 1. The third-order valence-corrected chi connectivity index (χ3v) is 4.84. The van der Waals surface area contributed by atoms with Gasteiger partial charge in [0.15, 0.2) is 0 Å². The third-order valence-electron chi connectivity index (χ3n) is 4.04. The van der Waals surface area contributed by atoms with Crippen LogP contribution in [0.1, 0.15) is 39.3 Å². The van der Waals surface area contributed by atoms with E-state index in [-0.39, 0.29) is 6.09 Å². The summed E-state index contributed by atoms with van der Waals surface area (Å²) in [7, 11) is 0. The molecule has 1 fully saturated rings. The second-order valence-corrected chi connectivity index (χ2v) is 8.27. The van der Waals surface area contributed by atoms with E-state index >= 15 is 0 Å². The van der Waals surface area contributed by atoms with Crippen LogP contribution in [0.5, 0.6) is 0 Å². The van der Waals surface area contributed by atoms with E-state index in [4.69, 9.17) is 4.74 Å². The van der Waals surface area contributed by atoms with Crippen LogP contribution in [0.15, 0.2) is 24.0 Å². The van der Waals surface area contributed by atoms with E-state index in [1.807, 2.05) is 37.1 Å². The number of hydrogen-bond acceptors (Lipinski definition) is 6. The largest absolute Gasteiger partial charge is 0.444 e. The van der Waals surface area contributed by atoms with E-state index < -0.39 is 5.60 Å². The average Bonchev–Trinajstić information content (AvgIpc) is 3.08. The molecule has 1 saturated heterocycles. The van der Waals surface area contributed by atoms with Crippen molar-refractivity contribution in [3.8, 4) is 10.7 Å². The number of rotatable bonds is 3. The fourth-order valence-corrected chi connectivity index (χ4v) is 3.60. The molecule has 0 radical (unpaired) electrons. The summed E-state index contributed by atoms with van der Waals surface area (Å²) in [5.41, 5.74) is 1.40. The maximum atomic E-state index is 12.3. The lowest BCUT2D eigenvalue weighted by atomic mass is 9.93. The summed E-state index contributed by atoms with van der Waals surface area (Å²) in [5.74, 6) is 0.389. The number of amides is 1. The topological polar surface area (TPSA) is 68.2 Å². The Balaban J connectivity index is 1.63. The van der Waals surface area contributed by atoms with Crippen LogP contribution in [0.3, 0.4) is 0 Å². The molecule has 1 amide bonds. The predicted octanol–water partition coefficient (Wildman–Crippen LogP) is 3.79. The average molecular weight is 360 g/mol. The van der Waals surface area contributed by atoms with Gasteiger partial charge in [0.25, 0.3) is 0 Å². The van der Waals surface area contributed by atoms with E-state index in [1.54, 1.807) is 23.9 Å². The van der Waals surface area contributed by atoms with Crippen LogP contribution in [-0.4, -0.2) is 44.6 Å². The molecule has 0 N–H and O–H groups in total. The van der Waals surface area contributed by atoms with Crippen molar-refractivity contribution in [1.82, 2.24) is 19.9 Å². The summed E-state index contributed by atoms with van der Waals surface area (Å²) >= 11 is 1.57. The Kier molecular flexibility index (Phi) is 5.32. The molecule has 0 spiro atoms. The maximum absolute atomic E-state index is 12.3. The number of nitrogens with zero attached hydrogens (tertiary/aromatic N) is 4. The number of carbonyl (C=O) groups is 1. The fraction of sp³-hybridized carbons (Fsp3) is 0.556. The molecule has 6 nitrogen and oxygen atoms in total. The molecule has 2 aromatic rings. The van der Waals surface area contributed by atoms with Crippen molar-refractivity contribution < 1.29 is 9.53 Å². The highest BCUT2D eigenvalue weighted by atomic mass is 32.1. The van der Waals surface area contributed by atoms with Crippen molar-refractivity contribution in [1.29, 1.82) is 0 Å². The van der Waals surface area contributed by atoms with E-state index in [9.17, 15) is 4.79 Å². The van der Waals surface area contributed by atoms with Crippen LogP contribution in [0.2, 0.25) is 0 Å². The Morgan fingerprint density at radius 2 is 2.20 bits per heavy atom. The lowest BCUT2D eigenvalue weighted by molar-refractivity contribution is 0.0165. The number of likely N-dealkylation sites (tertiary alicyclic amines) is 1. The second kappa shape index (κ2) is 7.47. The Hall–Kier alpha value is -2.02. The van der Waals surface area contributed by atoms with Gasteiger partial charge in [-0.15, -0.1) is 11.3 Å². The molecule has 0 unspecified atom stereocenters. The summed E-state index contributed by atoms with van der Waals surface area (Å²) < 4.78 is 5.50. The van der Waals surface area contributed by atoms with Crippen molar-refractivity contribution in [2.75, 3.05) is 13.1 Å². The van der Waals surface area contributed by atoms with Crippen molar-refractivity contribution >= 4 is 17.4 Å². The molecule has 7 heteroatoms. The molecule has 3 heterocycles. The summed E-state index contributed by atoms with van der Waals surface area (Å²) in [6.07, 6.45) is 6.08. The summed E-state index contributed by atoms with van der Waals surface area (Å²) in [5, 5.41) is 2.85. The zero-order valence-electron chi connectivity index (χ0n) is 14.9. The number of ether oxygens (including phenoxy) is 1. The molecular formula is C18H24N4O2S. The standard InChI is InChI=1S/C18H24N4O2S/c1-18(2,3)24-17(23)22-7-4-5-13(11-22)9-14-10-15(21-12-20-14)16-19-6-8-25-16/h6,8,10,12-13H,4-5,7,9,11H2,1-3H3/t13-/m1/s1. The van der Waals surface area contributed by atoms with Crippen molar-refractivity contribution in [2.24, 2.45) is 5.92 Å². The van der Waals surface area contributed by atoms with Crippen molar-refractivity contribution in [2.45, 2.75) is 45.6 Å². The molecule has 3 rings (SSSR count). The van der Waals surface area contributed by atoms with Crippen LogP contribution < -0.4 is 0 Å². The van der Waals surface area contributed by atoms with Gasteiger partial charge in [-0.2, -0.15) is 0 Å². The maximum Gasteiger partial charge on any atom is 0.410 e. The van der Waals surface area contributed by atoms with Crippen molar-refractivity contribution in [3.05, 3.63) is 29.7 Å². The van der Waals surface area contributed by atoms with Crippen LogP contribution >= 0.6 is 11.3 Å². The Morgan fingerprint density at radius 1 is 1.36 bits per heavy atom. The van der Waals surface area contributed by atoms with Crippen LogP contribution in [0, 0.1) is 5.92 Å². The van der Waals surface area contributed by atoms with Crippen LogP contribution in [-0.2, 0) is 11.2 Å². The van der Waals surface area contributed by atoms with Gasteiger partial charge in [0.05, 0.1) is 0 Å². The van der Waals surface area contributed by atoms with Gasteiger partial charge in [0.2, 0.25) is 0 Å². The van der Waals surface area contributed by atoms with Gasteiger partial charge in [-0.3, -0.25) is 0 Å². The summed E-state index contributed by atoms with van der Waals surface area (Å²) in [6, 6.07) is 2.01. The molecule has 0 aromatic carbocycles. The first kappa shape index (κ1) is 17.8. The quantitative estimate of drug-likeness (QED) is 0.833. The SMILES string of the molecule is CC(C)(C)OC(=O)N1CCC[C@H](Cc2cc(-c3nccs3)ncn2)C1. The van der Waals surface area contributed by atoms with Gasteiger partial charge in [-0.1, -0.05) is 0 Å². The van der Waals surface area contributed by atoms with Gasteiger partial charge >= 0.3 is 6.09 Å². The monoisotopic (exact) mass is 360 g/mol. The first-order valence-electron chi connectivity index (χ1n) is 8.59. The molecule has 134 valence electrons. The van der Waals surface area contributed by atoms with Crippen LogP contribution in [0.25, 0.3) is 10.7 Å². The first-order valence-corrected chi connectivity index (χ1v) is 9.47. The molecule has 1 aliphatic rings. The predicted molar refractivity (Wildman–Crippen MR) is 97.4 cm³/mol. The molecule has 0 bridgehead atoms. The minimum atomic E-state index is -0.459. The molecule has 25 heavy (non-hydrogen) atoms. The van der Waals surface area contributed by atoms with E-state index in [1.165, 1.54) is 0 Å². The van der Waals surface area contributed by atoms with Gasteiger partial charge in [0.1, 0.15) is 22.6 Å². The molecule has 1 aliphatic heterocycles. The zero-order valence-corrected chi connectivity index (χ0v) is 15.8. The highest BCUT2D eigenvalue weighted by Gasteiger charge is 2.28. The molecule has 1 atom stereocenters. The normalized spacial score (nSPS) is 18.2. The van der Waals surface area contributed by atoms with Crippen molar-refractivity contribution in [3.63, 3.8) is 0 Å². The number of aromatic nitrogens is 3. The zero-order chi connectivity index (χ0) is 17.9. The lowest BCUT2D eigenvalue weighted by Crippen LogP contribution is -2.43. The van der Waals surface area contributed by atoms with Crippen LogP contribution in [0.4, 0.5) is 4.79 Å². The Bertz CT molecular complexity index is 712. The smallest absolute Gasteiger partial charge is 0.410 e. The molecule has 2 aromatic heterocycles. The van der Waals surface area contributed by atoms with Gasteiger partial charge < -0.3 is 9.64 Å².